The predicted octanol–water partition coefficient (Wildman–Crippen LogP) is 6.41. The van der Waals surface area contributed by atoms with Crippen molar-refractivity contribution >= 4 is 75.9 Å². The Morgan fingerprint density at radius 1 is 0.286 bits per heavy atom. The Morgan fingerprint density at radius 2 is 0.548 bits per heavy atom. The van der Waals surface area contributed by atoms with Crippen molar-refractivity contribution in [2.75, 3.05) is 0 Å². The van der Waals surface area contributed by atoms with E-state index >= 15 is 0 Å². The summed E-state index contributed by atoms with van der Waals surface area (Å²) >= 11 is 0. The molecule has 42 heavy (non-hydrogen) atoms. The van der Waals surface area contributed by atoms with E-state index in [0.29, 0.717) is 0 Å². The van der Waals surface area contributed by atoms with Crippen LogP contribution in [0.4, 0.5) is 0 Å². The number of fused-ring (bicyclic) bond motifs is 15. The van der Waals surface area contributed by atoms with Gasteiger partial charge in [-0.15, -0.1) is 0 Å². The fourth-order valence-corrected chi connectivity index (χ4v) is 7.09. The lowest BCUT2D eigenvalue weighted by molar-refractivity contribution is -0.510. The molecule has 10 aromatic rings. The van der Waals surface area contributed by atoms with E-state index in [2.05, 4.69) is 164 Å². The molecule has 0 aliphatic heterocycles. The van der Waals surface area contributed by atoms with Crippen LogP contribution in [0.3, 0.4) is 0 Å². The maximum absolute atomic E-state index is 2.36. The van der Waals surface area contributed by atoms with Crippen molar-refractivity contribution in [3.05, 3.63) is 147 Å². The van der Waals surface area contributed by atoms with Gasteiger partial charge in [0.2, 0.25) is 22.1 Å². The highest BCUT2D eigenvalue weighted by Crippen LogP contribution is 2.43. The van der Waals surface area contributed by atoms with Gasteiger partial charge in [-0.05, 0) is 24.3 Å². The lowest BCUT2D eigenvalue weighted by Crippen LogP contribution is -2.22. The molecule has 0 bridgehead atoms. The third-order valence-corrected chi connectivity index (χ3v) is 9.00. The molecule has 0 N–H and O–H groups in total. The molecule has 0 aliphatic carbocycles. The first-order valence-corrected chi connectivity index (χ1v) is 14.3. The summed E-state index contributed by atoms with van der Waals surface area (Å²) in [6.07, 6.45) is 17.9. The Bertz CT molecular complexity index is 2420. The molecule has 4 heteroatoms. The van der Waals surface area contributed by atoms with Gasteiger partial charge in [0.05, 0.1) is 21.5 Å². The Morgan fingerprint density at radius 3 is 0.810 bits per heavy atom. The molecular weight excluding hydrogens is 512 g/mol. The summed E-state index contributed by atoms with van der Waals surface area (Å²) in [6, 6.07) is 35.1. The van der Waals surface area contributed by atoms with Crippen LogP contribution in [0.25, 0.3) is 75.9 Å². The van der Waals surface area contributed by atoms with Gasteiger partial charge in [-0.3, -0.25) is 0 Å². The van der Waals surface area contributed by atoms with E-state index in [9.17, 15) is 0 Å². The van der Waals surface area contributed by atoms with E-state index in [1.54, 1.807) is 0 Å². The molecule has 8 aromatic heterocycles. The summed E-state index contributed by atoms with van der Waals surface area (Å²) in [4.78, 5) is 0. The smallest absolute Gasteiger partial charge is 0.167 e. The molecule has 0 radical (unpaired) electrons. The second kappa shape index (κ2) is 7.93. The second-order valence-corrected chi connectivity index (χ2v) is 11.3. The zero-order valence-electron chi connectivity index (χ0n) is 22.6. The number of pyridine rings is 8. The van der Waals surface area contributed by atoms with E-state index in [4.69, 9.17) is 0 Å². The molecule has 0 saturated heterocycles. The van der Waals surface area contributed by atoms with Gasteiger partial charge in [0.25, 0.3) is 0 Å². The molecular formula is C38H24N4+4. The summed E-state index contributed by atoms with van der Waals surface area (Å²) in [5.74, 6) is 0. The number of nitrogens with zero attached hydrogens (tertiary/aromatic N) is 4. The van der Waals surface area contributed by atoms with Gasteiger partial charge >= 0.3 is 0 Å². The van der Waals surface area contributed by atoms with Crippen molar-refractivity contribution in [2.24, 2.45) is 0 Å². The van der Waals surface area contributed by atoms with Crippen molar-refractivity contribution in [2.45, 2.75) is 0 Å². The van der Waals surface area contributed by atoms with Crippen LogP contribution in [0, 0.1) is 0 Å². The fraction of sp³-hybridized carbons (Fsp3) is 0. The Balaban J connectivity index is 1.60. The molecule has 0 spiro atoms. The Labute approximate surface area is 239 Å². The topological polar surface area (TPSA) is 16.4 Å². The molecule has 0 atom stereocenters. The largest absolute Gasteiger partial charge is 0.211 e. The van der Waals surface area contributed by atoms with Crippen molar-refractivity contribution in [1.29, 1.82) is 0 Å². The van der Waals surface area contributed by atoms with Gasteiger partial charge in [0.15, 0.2) is 49.6 Å². The maximum atomic E-state index is 2.36. The predicted molar refractivity (Wildman–Crippen MR) is 167 cm³/mol. The third-order valence-electron chi connectivity index (χ3n) is 9.00. The van der Waals surface area contributed by atoms with Gasteiger partial charge in [-0.2, -0.15) is 17.6 Å². The molecule has 8 heterocycles. The van der Waals surface area contributed by atoms with Crippen LogP contribution in [0.1, 0.15) is 0 Å². The standard InChI is InChI=1S/C38H24N4/c1-5-13-39-21-33-29(17-25(39)9-1)30-18-26-10-2-6-14-40(26)22-34(30)38-36-24-42-16-8-4-12-28(42)20-32(36)31-19-27-11-3-7-15-41(27)23-35(31)37(33)38/h1-24H/q+4. The average molecular weight is 537 g/mol. The summed E-state index contributed by atoms with van der Waals surface area (Å²) in [7, 11) is 0. The maximum Gasteiger partial charge on any atom is 0.211 e. The third kappa shape index (κ3) is 2.90. The highest BCUT2D eigenvalue weighted by atomic mass is 14.9. The van der Waals surface area contributed by atoms with Crippen molar-refractivity contribution in [3.63, 3.8) is 0 Å². The minimum absolute atomic E-state index is 1.18. The monoisotopic (exact) mass is 536 g/mol. The first kappa shape index (κ1) is 22.0. The molecule has 0 fully saturated rings. The van der Waals surface area contributed by atoms with Crippen molar-refractivity contribution in [1.82, 2.24) is 0 Å². The first-order valence-electron chi connectivity index (χ1n) is 14.3. The van der Waals surface area contributed by atoms with Crippen molar-refractivity contribution in [3.8, 4) is 0 Å². The quantitative estimate of drug-likeness (QED) is 0.121. The van der Waals surface area contributed by atoms with Crippen LogP contribution in [0.15, 0.2) is 147 Å². The lowest BCUT2D eigenvalue weighted by Gasteiger charge is -2.13. The molecule has 4 nitrogen and oxygen atoms in total. The SMILES string of the molecule is c1cc[n+]2cc3c(cc2c1)c1cc2cccc[n+]2cc1c1c2c[n+]4ccccc4cc2c2cc4cccc[n+]4cc2c31. The molecule has 2 aromatic carbocycles. The minimum Gasteiger partial charge on any atom is -0.167 e. The van der Waals surface area contributed by atoms with Gasteiger partial charge in [-0.1, -0.05) is 0 Å². The number of benzene rings is 2. The molecule has 192 valence electrons. The zero-order chi connectivity index (χ0) is 27.4. The number of hydrogen-bond donors (Lipinski definition) is 0. The number of aromatic nitrogens is 4. The molecule has 0 amide bonds. The van der Waals surface area contributed by atoms with E-state index in [0.717, 1.165) is 0 Å². The van der Waals surface area contributed by atoms with E-state index in [1.165, 1.54) is 75.9 Å². The lowest BCUT2D eigenvalue weighted by atomic mass is 9.89. The van der Waals surface area contributed by atoms with Crippen LogP contribution in [0.5, 0.6) is 0 Å². The molecule has 0 unspecified atom stereocenters. The van der Waals surface area contributed by atoms with E-state index < -0.39 is 0 Å². The summed E-state index contributed by atoms with van der Waals surface area (Å²) in [5, 5.41) is 12.6. The van der Waals surface area contributed by atoms with Crippen LogP contribution >= 0.6 is 0 Å². The first-order chi connectivity index (χ1) is 20.8. The molecule has 10 rings (SSSR count). The van der Waals surface area contributed by atoms with Gasteiger partial charge in [0, 0.05) is 105 Å². The fourth-order valence-electron chi connectivity index (χ4n) is 7.09. The normalized spacial score (nSPS) is 12.3. The Hall–Kier alpha value is -5.74. The van der Waals surface area contributed by atoms with Crippen molar-refractivity contribution < 1.29 is 17.6 Å². The summed E-state index contributed by atoms with van der Waals surface area (Å²) < 4.78 is 9.01. The number of hydrogen-bond acceptors (Lipinski definition) is 0. The molecule has 0 saturated carbocycles. The highest BCUT2D eigenvalue weighted by molar-refractivity contribution is 6.39. The van der Waals surface area contributed by atoms with Crippen LogP contribution < -0.4 is 17.6 Å². The van der Waals surface area contributed by atoms with Gasteiger partial charge in [-0.25, -0.2) is 0 Å². The Kier molecular flexibility index (Phi) is 4.15. The molecule has 0 aliphatic rings. The highest BCUT2D eigenvalue weighted by Gasteiger charge is 2.24. The van der Waals surface area contributed by atoms with Crippen LogP contribution in [-0.4, -0.2) is 0 Å². The van der Waals surface area contributed by atoms with Crippen LogP contribution in [0.2, 0.25) is 0 Å². The second-order valence-electron chi connectivity index (χ2n) is 11.3. The zero-order valence-corrected chi connectivity index (χ0v) is 22.6. The number of rotatable bonds is 0. The average Bonchev–Trinajstić information content (AvgIpc) is 3.05. The summed E-state index contributed by atoms with van der Waals surface area (Å²) in [5.41, 5.74) is 4.71. The van der Waals surface area contributed by atoms with Gasteiger partial charge in [0.1, 0.15) is 0 Å². The minimum atomic E-state index is 1.18. The van der Waals surface area contributed by atoms with E-state index in [1.807, 2.05) is 0 Å². The van der Waals surface area contributed by atoms with E-state index in [-0.39, 0.29) is 0 Å². The van der Waals surface area contributed by atoms with Gasteiger partial charge < -0.3 is 0 Å². The summed E-state index contributed by atoms with van der Waals surface area (Å²) in [6.45, 7) is 0. The van der Waals surface area contributed by atoms with Crippen LogP contribution in [-0.2, 0) is 0 Å².